The molecule has 34 heavy (non-hydrogen) atoms. The molecule has 1 amide bonds. The molecule has 0 saturated heterocycles. The van der Waals surface area contributed by atoms with Gasteiger partial charge < -0.3 is 24.7 Å². The molecule has 0 aliphatic heterocycles. The lowest BCUT2D eigenvalue weighted by molar-refractivity contribution is 0.0778. The van der Waals surface area contributed by atoms with E-state index in [1.54, 1.807) is 45.6 Å². The van der Waals surface area contributed by atoms with Crippen molar-refractivity contribution in [2.75, 3.05) is 6.54 Å². The van der Waals surface area contributed by atoms with Gasteiger partial charge in [0, 0.05) is 54.3 Å². The van der Waals surface area contributed by atoms with E-state index in [1.807, 2.05) is 20.8 Å². The van der Waals surface area contributed by atoms with E-state index in [0.29, 0.717) is 44.5 Å². The molecule has 0 atom stereocenters. The molecule has 0 saturated carbocycles. The van der Waals surface area contributed by atoms with Gasteiger partial charge in [-0.3, -0.25) is 14.6 Å². The van der Waals surface area contributed by atoms with Crippen molar-refractivity contribution in [3.8, 4) is 22.1 Å². The van der Waals surface area contributed by atoms with Crippen molar-refractivity contribution in [3.63, 3.8) is 0 Å². The minimum Gasteiger partial charge on any atom is -0.437 e. The second-order valence-electron chi connectivity index (χ2n) is 8.71. The number of aryl methyl sites for hydroxylation is 3. The molecule has 10 heteroatoms. The van der Waals surface area contributed by atoms with Crippen LogP contribution in [0.25, 0.3) is 21.3 Å². The summed E-state index contributed by atoms with van der Waals surface area (Å²) in [5.41, 5.74) is 1.48. The number of aromatic amines is 1. The number of hydrogen-bond acceptors (Lipinski definition) is 7. The van der Waals surface area contributed by atoms with Gasteiger partial charge in [0.05, 0.1) is 0 Å². The Morgan fingerprint density at radius 1 is 1.29 bits per heavy atom. The number of carbonyl (C=O) groups is 1. The summed E-state index contributed by atoms with van der Waals surface area (Å²) in [6.45, 7) is 9.39. The van der Waals surface area contributed by atoms with Crippen LogP contribution in [-0.4, -0.2) is 37.1 Å². The highest BCUT2D eigenvalue weighted by Crippen LogP contribution is 2.44. The second kappa shape index (κ2) is 8.69. The smallest absolute Gasteiger partial charge is 0.274 e. The number of nitrogens with one attached hydrogen (secondary N) is 2. The van der Waals surface area contributed by atoms with Gasteiger partial charge in [-0.2, -0.15) is 0 Å². The molecule has 178 valence electrons. The van der Waals surface area contributed by atoms with Crippen LogP contribution in [0.5, 0.6) is 11.6 Å². The van der Waals surface area contributed by atoms with Crippen LogP contribution in [0.4, 0.5) is 0 Å². The summed E-state index contributed by atoms with van der Waals surface area (Å²) in [6, 6.07) is 1.66. The molecule has 0 aliphatic carbocycles. The molecule has 0 fully saturated rings. The van der Waals surface area contributed by atoms with E-state index in [-0.39, 0.29) is 17.2 Å². The van der Waals surface area contributed by atoms with E-state index in [2.05, 4.69) is 20.3 Å². The number of hydrogen-bond donors (Lipinski definition) is 3. The first-order valence-corrected chi connectivity index (χ1v) is 11.7. The Hall–Kier alpha value is -3.50. The average Bonchev–Trinajstić information content (AvgIpc) is 3.39. The van der Waals surface area contributed by atoms with Crippen LogP contribution in [0.1, 0.15) is 47.4 Å². The van der Waals surface area contributed by atoms with Crippen LogP contribution in [0.15, 0.2) is 29.5 Å². The number of H-pyrrole nitrogens is 1. The Bertz CT molecular complexity index is 1440. The molecule has 0 aromatic carbocycles. The van der Waals surface area contributed by atoms with Crippen molar-refractivity contribution < 1.29 is 14.6 Å². The summed E-state index contributed by atoms with van der Waals surface area (Å²) in [5, 5.41) is 14.4. The zero-order chi connectivity index (χ0) is 24.8. The molecular weight excluding hydrogens is 454 g/mol. The van der Waals surface area contributed by atoms with Gasteiger partial charge >= 0.3 is 0 Å². The van der Waals surface area contributed by atoms with Crippen LogP contribution in [0.2, 0.25) is 0 Å². The molecule has 0 spiro atoms. The molecule has 0 radical (unpaired) electrons. The normalized spacial score (nSPS) is 11.7. The van der Waals surface area contributed by atoms with Gasteiger partial charge in [0.25, 0.3) is 11.5 Å². The van der Waals surface area contributed by atoms with E-state index in [4.69, 9.17) is 4.74 Å². The largest absolute Gasteiger partial charge is 0.437 e. The lowest BCUT2D eigenvalue weighted by Gasteiger charge is -2.12. The lowest BCUT2D eigenvalue weighted by atomic mass is 10.1. The number of pyridine rings is 2. The molecule has 9 nitrogen and oxygen atoms in total. The Balaban J connectivity index is 1.97. The fraction of sp³-hybridized carbons (Fsp3) is 0.333. The number of ether oxygens (including phenoxy) is 1. The number of aromatic nitrogens is 4. The topological polar surface area (TPSA) is 122 Å². The highest BCUT2D eigenvalue weighted by molar-refractivity contribution is 7.15. The number of thiazole rings is 1. The Morgan fingerprint density at radius 3 is 2.59 bits per heavy atom. The predicted octanol–water partition coefficient (Wildman–Crippen LogP) is 3.77. The Labute approximate surface area is 200 Å². The minimum atomic E-state index is -1.20. The van der Waals surface area contributed by atoms with Crippen LogP contribution in [-0.2, 0) is 12.6 Å². The van der Waals surface area contributed by atoms with E-state index >= 15 is 0 Å². The first-order chi connectivity index (χ1) is 16.0. The number of nitrogens with zero attached hydrogens (tertiary/aromatic N) is 3. The molecule has 4 rings (SSSR count). The summed E-state index contributed by atoms with van der Waals surface area (Å²) in [5.74, 6) is 0.634. The summed E-state index contributed by atoms with van der Waals surface area (Å²) in [6.07, 6.45) is 5.11. The monoisotopic (exact) mass is 481 g/mol. The van der Waals surface area contributed by atoms with Crippen molar-refractivity contribution in [2.45, 2.75) is 40.2 Å². The van der Waals surface area contributed by atoms with Gasteiger partial charge in [-0.1, -0.05) is 0 Å². The summed E-state index contributed by atoms with van der Waals surface area (Å²) in [7, 11) is 1.65. The van der Waals surface area contributed by atoms with Gasteiger partial charge in [-0.15, -0.1) is 11.3 Å². The molecular formula is C24H27N5O4S. The maximum atomic E-state index is 12.8. The van der Waals surface area contributed by atoms with E-state index in [9.17, 15) is 14.7 Å². The zero-order valence-corrected chi connectivity index (χ0v) is 20.8. The number of rotatable bonds is 6. The molecule has 4 aromatic rings. The van der Waals surface area contributed by atoms with Crippen molar-refractivity contribution in [1.29, 1.82) is 0 Å². The maximum absolute atomic E-state index is 12.8. The van der Waals surface area contributed by atoms with Gasteiger partial charge in [-0.05, 0) is 40.7 Å². The van der Waals surface area contributed by atoms with Crippen LogP contribution >= 0.6 is 11.3 Å². The van der Waals surface area contributed by atoms with Crippen LogP contribution in [0, 0.1) is 13.8 Å². The Morgan fingerprint density at radius 2 is 1.97 bits per heavy atom. The van der Waals surface area contributed by atoms with Crippen molar-refractivity contribution >= 4 is 28.1 Å². The quantitative estimate of drug-likeness (QED) is 0.385. The highest BCUT2D eigenvalue weighted by Gasteiger charge is 2.28. The highest BCUT2D eigenvalue weighted by atomic mass is 32.1. The standard InChI is InChI=1S/C24H27N5O4S/c1-7-26-20(30)16-8-14-15(11-29(6)22(31)17(14)27-16)19-21(28-23(34-19)24(4,5)32)33-18-12(2)9-25-10-13(18)3/h8-11,27,32H,7H2,1-6H3,(H,26,30). The molecule has 0 aliphatic rings. The van der Waals surface area contributed by atoms with Gasteiger partial charge in [0.2, 0.25) is 5.88 Å². The SMILES string of the molecule is CCNC(=O)c1cc2c(-c3sc(C(C)(C)O)nc3Oc3c(C)cncc3C)cn(C)c(=O)c2[nH]1. The third-order valence-electron chi connectivity index (χ3n) is 5.36. The van der Waals surface area contributed by atoms with Gasteiger partial charge in [0.1, 0.15) is 32.4 Å². The van der Waals surface area contributed by atoms with Crippen molar-refractivity contribution in [1.82, 2.24) is 24.8 Å². The number of fused-ring (bicyclic) bond motifs is 1. The predicted molar refractivity (Wildman–Crippen MR) is 132 cm³/mol. The summed E-state index contributed by atoms with van der Waals surface area (Å²) >= 11 is 1.28. The van der Waals surface area contributed by atoms with Gasteiger partial charge in [-0.25, -0.2) is 4.98 Å². The summed E-state index contributed by atoms with van der Waals surface area (Å²) in [4.78, 5) is 37.7. The average molecular weight is 482 g/mol. The van der Waals surface area contributed by atoms with E-state index < -0.39 is 5.60 Å². The molecule has 0 unspecified atom stereocenters. The molecule has 3 N–H and O–H groups in total. The van der Waals surface area contributed by atoms with Crippen LogP contribution in [0.3, 0.4) is 0 Å². The van der Waals surface area contributed by atoms with Crippen molar-refractivity contribution in [3.05, 3.63) is 56.8 Å². The third kappa shape index (κ3) is 4.22. The fourth-order valence-electron chi connectivity index (χ4n) is 3.65. The maximum Gasteiger partial charge on any atom is 0.274 e. The second-order valence-corrected chi connectivity index (χ2v) is 9.71. The molecule has 4 aromatic heterocycles. The number of aliphatic hydroxyl groups is 1. The summed E-state index contributed by atoms with van der Waals surface area (Å²) < 4.78 is 7.73. The number of carbonyl (C=O) groups excluding carboxylic acids is 1. The lowest BCUT2D eigenvalue weighted by Crippen LogP contribution is -2.23. The Kier molecular flexibility index (Phi) is 6.05. The third-order valence-corrected chi connectivity index (χ3v) is 6.75. The fourth-order valence-corrected chi connectivity index (χ4v) is 4.67. The van der Waals surface area contributed by atoms with E-state index in [0.717, 1.165) is 11.1 Å². The molecule has 4 heterocycles. The first-order valence-electron chi connectivity index (χ1n) is 10.8. The van der Waals surface area contributed by atoms with Crippen LogP contribution < -0.4 is 15.6 Å². The number of amides is 1. The van der Waals surface area contributed by atoms with Crippen molar-refractivity contribution in [2.24, 2.45) is 7.05 Å². The zero-order valence-electron chi connectivity index (χ0n) is 19.9. The first kappa shape index (κ1) is 23.7. The minimum absolute atomic E-state index is 0.259. The molecule has 0 bridgehead atoms. The van der Waals surface area contributed by atoms with Gasteiger partial charge in [0.15, 0.2) is 0 Å². The van der Waals surface area contributed by atoms with E-state index in [1.165, 1.54) is 15.9 Å².